The van der Waals surface area contributed by atoms with Crippen molar-refractivity contribution in [3.8, 4) is 5.75 Å². The molecule has 0 fully saturated rings. The molecule has 5 nitrogen and oxygen atoms in total. The van der Waals surface area contributed by atoms with Crippen molar-refractivity contribution in [3.05, 3.63) is 47.3 Å². The lowest BCUT2D eigenvalue weighted by atomic mass is 10.0. The van der Waals surface area contributed by atoms with Gasteiger partial charge in [-0.2, -0.15) is 0 Å². The number of nitrogens with zero attached hydrogens (tertiary/aromatic N) is 1. The highest BCUT2D eigenvalue weighted by Crippen LogP contribution is 2.23. The first-order chi connectivity index (χ1) is 9.22. The van der Waals surface area contributed by atoms with Crippen molar-refractivity contribution in [2.45, 2.75) is 19.4 Å². The molecule has 1 aliphatic rings. The number of benzene rings is 1. The minimum Gasteiger partial charge on any atom is -0.491 e. The molecule has 2 aromatic rings. The zero-order valence-electron chi connectivity index (χ0n) is 10.6. The summed E-state index contributed by atoms with van der Waals surface area (Å²) in [7, 11) is 0. The third kappa shape index (κ3) is 2.45. The Morgan fingerprint density at radius 2 is 2.26 bits per heavy atom. The highest BCUT2D eigenvalue weighted by Gasteiger charge is 2.22. The van der Waals surface area contributed by atoms with Gasteiger partial charge in [0.2, 0.25) is 5.76 Å². The minimum atomic E-state index is -0.256. The average Bonchev–Trinajstić information content (AvgIpc) is 2.85. The summed E-state index contributed by atoms with van der Waals surface area (Å²) in [6, 6.07) is 9.42. The largest absolute Gasteiger partial charge is 0.491 e. The molecule has 1 aromatic heterocycles. The van der Waals surface area contributed by atoms with E-state index in [1.807, 2.05) is 24.3 Å². The van der Waals surface area contributed by atoms with E-state index in [9.17, 15) is 4.79 Å². The Morgan fingerprint density at radius 3 is 3.05 bits per heavy atom. The molecule has 3 rings (SSSR count). The predicted molar refractivity (Wildman–Crippen MR) is 68.1 cm³/mol. The Kier molecular flexibility index (Phi) is 2.95. The van der Waals surface area contributed by atoms with Crippen molar-refractivity contribution in [2.75, 3.05) is 6.61 Å². The predicted octanol–water partition coefficient (Wildman–Crippen LogP) is 1.72. The van der Waals surface area contributed by atoms with Crippen molar-refractivity contribution in [1.29, 1.82) is 0 Å². The Hall–Kier alpha value is -2.30. The number of nitrogens with one attached hydrogen (secondary N) is 1. The van der Waals surface area contributed by atoms with Crippen molar-refractivity contribution in [2.24, 2.45) is 0 Å². The van der Waals surface area contributed by atoms with Crippen LogP contribution < -0.4 is 10.1 Å². The van der Waals surface area contributed by atoms with Crippen LogP contribution in [0.1, 0.15) is 21.8 Å². The number of hydrogen-bond donors (Lipinski definition) is 1. The number of hydrogen-bond acceptors (Lipinski definition) is 4. The highest BCUT2D eigenvalue weighted by molar-refractivity contribution is 5.91. The van der Waals surface area contributed by atoms with Crippen molar-refractivity contribution in [1.82, 2.24) is 10.5 Å². The number of amides is 1. The summed E-state index contributed by atoms with van der Waals surface area (Å²) < 4.78 is 10.6. The minimum absolute atomic E-state index is 0.0483. The molecule has 0 bridgehead atoms. The number of ether oxygens (including phenoxy) is 1. The fourth-order valence-electron chi connectivity index (χ4n) is 2.15. The molecule has 1 N–H and O–H groups in total. The number of fused-ring (bicyclic) bond motifs is 1. The van der Waals surface area contributed by atoms with Crippen LogP contribution in [0.15, 0.2) is 34.9 Å². The van der Waals surface area contributed by atoms with Crippen LogP contribution in [0.5, 0.6) is 5.75 Å². The molecular formula is C14H14N2O3. The third-order valence-electron chi connectivity index (χ3n) is 3.07. The van der Waals surface area contributed by atoms with Crippen LogP contribution in [0.2, 0.25) is 0 Å². The van der Waals surface area contributed by atoms with E-state index in [1.165, 1.54) is 0 Å². The Morgan fingerprint density at radius 1 is 1.42 bits per heavy atom. The van der Waals surface area contributed by atoms with Crippen LogP contribution in [0.3, 0.4) is 0 Å². The maximum absolute atomic E-state index is 11.9. The Balaban J connectivity index is 1.68. The monoisotopic (exact) mass is 258 g/mol. The number of aryl methyl sites for hydroxylation is 1. The first-order valence-electron chi connectivity index (χ1n) is 6.17. The number of para-hydroxylation sites is 1. The van der Waals surface area contributed by atoms with Crippen LogP contribution in [0.25, 0.3) is 0 Å². The van der Waals surface area contributed by atoms with E-state index >= 15 is 0 Å². The number of carbonyl (C=O) groups excluding carboxylic acids is 1. The van der Waals surface area contributed by atoms with Gasteiger partial charge in [-0.05, 0) is 25.0 Å². The number of carbonyl (C=O) groups is 1. The number of rotatable bonds is 2. The van der Waals surface area contributed by atoms with Gasteiger partial charge in [0.15, 0.2) is 0 Å². The fraction of sp³-hybridized carbons (Fsp3) is 0.286. The molecule has 1 aliphatic heterocycles. The first-order valence-corrected chi connectivity index (χ1v) is 6.17. The molecule has 1 aromatic carbocycles. The van der Waals surface area contributed by atoms with E-state index in [1.54, 1.807) is 13.0 Å². The van der Waals surface area contributed by atoms with E-state index in [-0.39, 0.29) is 17.7 Å². The standard InChI is InChI=1S/C14H14N2O3/c1-9-6-13(19-16-9)14(17)15-11-7-10-4-2-3-5-12(10)18-8-11/h2-6,11H,7-8H2,1H3,(H,15,17)/t11-/m1/s1. The SMILES string of the molecule is Cc1cc(C(=O)N[C@H]2COc3ccccc3C2)on1. The lowest BCUT2D eigenvalue weighted by molar-refractivity contribution is 0.0878. The molecular weight excluding hydrogens is 244 g/mol. The van der Waals surface area contributed by atoms with Crippen molar-refractivity contribution >= 4 is 5.91 Å². The summed E-state index contributed by atoms with van der Waals surface area (Å²) in [6.07, 6.45) is 0.759. The normalized spacial score (nSPS) is 17.4. The second-order valence-corrected chi connectivity index (χ2v) is 4.63. The summed E-state index contributed by atoms with van der Waals surface area (Å²) >= 11 is 0. The molecule has 1 atom stereocenters. The van der Waals surface area contributed by atoms with Gasteiger partial charge in [-0.15, -0.1) is 0 Å². The van der Waals surface area contributed by atoms with Gasteiger partial charge in [-0.25, -0.2) is 0 Å². The second-order valence-electron chi connectivity index (χ2n) is 4.63. The smallest absolute Gasteiger partial charge is 0.290 e. The maximum Gasteiger partial charge on any atom is 0.290 e. The molecule has 0 spiro atoms. The van der Waals surface area contributed by atoms with Gasteiger partial charge in [0.05, 0.1) is 11.7 Å². The molecule has 19 heavy (non-hydrogen) atoms. The van der Waals surface area contributed by atoms with Gasteiger partial charge in [0.25, 0.3) is 5.91 Å². The molecule has 0 unspecified atom stereocenters. The van der Waals surface area contributed by atoms with E-state index in [2.05, 4.69) is 10.5 Å². The van der Waals surface area contributed by atoms with Gasteiger partial charge in [-0.1, -0.05) is 23.4 Å². The van der Waals surface area contributed by atoms with E-state index in [4.69, 9.17) is 9.26 Å². The zero-order chi connectivity index (χ0) is 13.2. The molecule has 0 aliphatic carbocycles. The van der Waals surface area contributed by atoms with Gasteiger partial charge in [-0.3, -0.25) is 4.79 Å². The van der Waals surface area contributed by atoms with Crippen LogP contribution in [-0.2, 0) is 6.42 Å². The Bertz CT molecular complexity index is 606. The van der Waals surface area contributed by atoms with E-state index in [0.717, 1.165) is 17.7 Å². The van der Waals surface area contributed by atoms with Crippen LogP contribution in [-0.4, -0.2) is 23.7 Å². The van der Waals surface area contributed by atoms with E-state index < -0.39 is 0 Å². The molecule has 0 saturated heterocycles. The first kappa shape index (κ1) is 11.8. The Labute approximate surface area is 110 Å². The molecule has 98 valence electrons. The van der Waals surface area contributed by atoms with Crippen molar-refractivity contribution in [3.63, 3.8) is 0 Å². The second kappa shape index (κ2) is 4.76. The topological polar surface area (TPSA) is 64.4 Å². The third-order valence-corrected chi connectivity index (χ3v) is 3.07. The molecule has 0 saturated carbocycles. The molecule has 2 heterocycles. The lowest BCUT2D eigenvalue weighted by Gasteiger charge is -2.25. The van der Waals surface area contributed by atoms with E-state index in [0.29, 0.717) is 12.3 Å². The van der Waals surface area contributed by atoms with Crippen LogP contribution in [0.4, 0.5) is 0 Å². The average molecular weight is 258 g/mol. The van der Waals surface area contributed by atoms with Gasteiger partial charge >= 0.3 is 0 Å². The lowest BCUT2D eigenvalue weighted by Crippen LogP contribution is -2.42. The summed E-state index contributed by atoms with van der Waals surface area (Å²) in [6.45, 7) is 2.25. The molecule has 5 heteroatoms. The van der Waals surface area contributed by atoms with Gasteiger partial charge in [0, 0.05) is 6.07 Å². The summed E-state index contributed by atoms with van der Waals surface area (Å²) in [5.74, 6) is 0.869. The molecule has 0 radical (unpaired) electrons. The summed E-state index contributed by atoms with van der Waals surface area (Å²) in [5.41, 5.74) is 1.79. The molecule has 1 amide bonds. The number of aromatic nitrogens is 1. The van der Waals surface area contributed by atoms with Gasteiger partial charge in [0.1, 0.15) is 12.4 Å². The summed E-state index contributed by atoms with van der Waals surface area (Å²) in [5, 5.41) is 6.59. The van der Waals surface area contributed by atoms with Gasteiger partial charge < -0.3 is 14.6 Å². The van der Waals surface area contributed by atoms with Crippen LogP contribution >= 0.6 is 0 Å². The zero-order valence-corrected chi connectivity index (χ0v) is 10.6. The van der Waals surface area contributed by atoms with Crippen molar-refractivity contribution < 1.29 is 14.1 Å². The quantitative estimate of drug-likeness (QED) is 0.890. The highest BCUT2D eigenvalue weighted by atomic mass is 16.5. The summed E-state index contributed by atoms with van der Waals surface area (Å²) in [4.78, 5) is 11.9. The fourth-order valence-corrected chi connectivity index (χ4v) is 2.15. The maximum atomic E-state index is 11.9. The van der Waals surface area contributed by atoms with Crippen LogP contribution in [0, 0.1) is 6.92 Å².